The third-order valence-electron chi connectivity index (χ3n) is 9.67. The Bertz CT molecular complexity index is 1360. The van der Waals surface area contributed by atoms with E-state index in [4.69, 9.17) is 10.5 Å². The highest BCUT2D eigenvalue weighted by atomic mass is 16.5. The Kier molecular flexibility index (Phi) is 10.7. The first kappa shape index (κ1) is 35.9. The lowest BCUT2D eigenvalue weighted by molar-refractivity contribution is -0.153. The summed E-state index contributed by atoms with van der Waals surface area (Å²) in [7, 11) is 0. The van der Waals surface area contributed by atoms with Crippen LogP contribution < -0.4 is 21.7 Å². The Balaban J connectivity index is 1.49. The molecule has 258 valence electrons. The topological polar surface area (TPSA) is 177 Å². The number of nitrogens with two attached hydrogens (primary N) is 1. The zero-order valence-corrected chi connectivity index (χ0v) is 28.6. The maximum atomic E-state index is 14.3. The van der Waals surface area contributed by atoms with Crippen LogP contribution >= 0.6 is 0 Å². The molecule has 1 aliphatic heterocycles. The molecular formula is C35H51N5O7. The summed E-state index contributed by atoms with van der Waals surface area (Å²) in [5, 5.41) is 8.29. The number of fused-ring (bicyclic) bond motifs is 1. The van der Waals surface area contributed by atoms with E-state index in [1.165, 1.54) is 4.90 Å². The van der Waals surface area contributed by atoms with E-state index in [1.807, 2.05) is 71.9 Å². The van der Waals surface area contributed by atoms with Gasteiger partial charge in [0.15, 0.2) is 0 Å². The van der Waals surface area contributed by atoms with E-state index >= 15 is 0 Å². The first-order valence-corrected chi connectivity index (χ1v) is 16.7. The number of primary amides is 1. The number of amides is 5. The monoisotopic (exact) mass is 653 g/mol. The summed E-state index contributed by atoms with van der Waals surface area (Å²) in [6.07, 6.45) is 3.22. The fourth-order valence-electron chi connectivity index (χ4n) is 6.53. The largest absolute Gasteiger partial charge is 0.456 e. The lowest BCUT2D eigenvalue weighted by Gasteiger charge is -2.37. The molecular weight excluding hydrogens is 602 g/mol. The van der Waals surface area contributed by atoms with Gasteiger partial charge >= 0.3 is 12.0 Å². The molecule has 0 aromatic heterocycles. The number of urea groups is 1. The predicted molar refractivity (Wildman–Crippen MR) is 174 cm³/mol. The average Bonchev–Trinajstić information content (AvgIpc) is 3.75. The number of nitrogens with one attached hydrogen (secondary N) is 3. The molecule has 5 amide bonds. The minimum Gasteiger partial charge on any atom is -0.456 e. The van der Waals surface area contributed by atoms with Crippen molar-refractivity contribution >= 4 is 35.5 Å². The van der Waals surface area contributed by atoms with Gasteiger partial charge in [-0.05, 0) is 60.3 Å². The molecule has 1 saturated heterocycles. The van der Waals surface area contributed by atoms with Crippen molar-refractivity contribution in [3.8, 4) is 0 Å². The number of ketones is 1. The minimum atomic E-state index is -1.10. The van der Waals surface area contributed by atoms with Crippen molar-refractivity contribution in [3.63, 3.8) is 0 Å². The van der Waals surface area contributed by atoms with Crippen molar-refractivity contribution in [2.75, 3.05) is 6.54 Å². The van der Waals surface area contributed by atoms with Crippen molar-refractivity contribution in [3.05, 3.63) is 35.9 Å². The molecule has 0 radical (unpaired) electrons. The number of Topliss-reactive ketones (excluding diaryl/α,β-unsaturated/α-hetero) is 1. The van der Waals surface area contributed by atoms with Gasteiger partial charge in [0.05, 0.1) is 6.04 Å². The fraction of sp³-hybridized carbons (Fsp3) is 0.657. The molecule has 1 aromatic carbocycles. The summed E-state index contributed by atoms with van der Waals surface area (Å²) < 4.78 is 5.73. The van der Waals surface area contributed by atoms with Gasteiger partial charge in [-0.25, -0.2) is 9.59 Å². The smallest absolute Gasteiger partial charge is 0.329 e. The normalized spacial score (nSPS) is 23.2. The zero-order valence-electron chi connectivity index (χ0n) is 28.6. The van der Waals surface area contributed by atoms with E-state index in [2.05, 4.69) is 16.0 Å². The number of hydrogen-bond donors (Lipinski definition) is 4. The maximum Gasteiger partial charge on any atom is 0.329 e. The van der Waals surface area contributed by atoms with Crippen LogP contribution in [0.1, 0.15) is 92.2 Å². The standard InChI is InChI=1S/C35H51N5O7/c1-19(21-11-9-8-10-12-21)47-32(45)28(35(5,6)7)39-33(46)38-27(34(2,3)4)31(44)40-18-22-15-16-23(22)25(40)30(43)37-24(17-20-13-14-20)26(41)29(36)42/h8-12,19-20,22-25,27-28H,13-18H2,1-7H3,(H2,36,42)(H,37,43)(H2,38,39,46)/t19-,22-,23-,24?,25-,27+,28+/m0/s1. The van der Waals surface area contributed by atoms with Gasteiger partial charge in [-0.1, -0.05) is 84.7 Å². The van der Waals surface area contributed by atoms with Crippen molar-refractivity contribution in [2.45, 2.75) is 111 Å². The second kappa shape index (κ2) is 14.0. The van der Waals surface area contributed by atoms with Crippen molar-refractivity contribution in [1.82, 2.24) is 20.9 Å². The van der Waals surface area contributed by atoms with E-state index in [0.717, 1.165) is 31.2 Å². The van der Waals surface area contributed by atoms with Gasteiger partial charge < -0.3 is 31.3 Å². The first-order valence-electron chi connectivity index (χ1n) is 16.7. The number of carbonyl (C=O) groups excluding carboxylic acids is 6. The predicted octanol–water partition coefficient (Wildman–Crippen LogP) is 3.00. The Hall–Kier alpha value is -3.96. The quantitative estimate of drug-likeness (QED) is 0.198. The molecule has 7 atom stereocenters. The molecule has 3 aliphatic rings. The summed E-state index contributed by atoms with van der Waals surface area (Å²) in [5.74, 6) is -3.23. The molecule has 1 aromatic rings. The maximum absolute atomic E-state index is 14.3. The summed E-state index contributed by atoms with van der Waals surface area (Å²) in [5.41, 5.74) is 4.60. The number of benzene rings is 1. The molecule has 2 saturated carbocycles. The highest BCUT2D eigenvalue weighted by Gasteiger charge is 2.54. The second-order valence-corrected chi connectivity index (χ2v) is 15.6. The van der Waals surface area contributed by atoms with Crippen molar-refractivity contribution in [1.29, 1.82) is 0 Å². The summed E-state index contributed by atoms with van der Waals surface area (Å²) >= 11 is 0. The molecule has 2 aliphatic carbocycles. The number of hydrogen-bond acceptors (Lipinski definition) is 7. The van der Waals surface area contributed by atoms with E-state index in [0.29, 0.717) is 13.0 Å². The van der Waals surface area contributed by atoms with Crippen LogP contribution in [0.25, 0.3) is 0 Å². The number of carbonyl (C=O) groups is 6. The van der Waals surface area contributed by atoms with Gasteiger partial charge in [0.25, 0.3) is 5.91 Å². The van der Waals surface area contributed by atoms with Crippen LogP contribution in [0, 0.1) is 28.6 Å². The lowest BCUT2D eigenvalue weighted by Crippen LogP contribution is -2.62. The van der Waals surface area contributed by atoms with Crippen LogP contribution in [0.3, 0.4) is 0 Å². The highest BCUT2D eigenvalue weighted by Crippen LogP contribution is 2.46. The van der Waals surface area contributed by atoms with Gasteiger partial charge in [-0.2, -0.15) is 0 Å². The number of rotatable bonds is 12. The minimum absolute atomic E-state index is 0.0923. The van der Waals surface area contributed by atoms with E-state index in [9.17, 15) is 28.8 Å². The van der Waals surface area contributed by atoms with Gasteiger partial charge in [0.2, 0.25) is 17.6 Å². The van der Waals surface area contributed by atoms with Crippen LogP contribution in [-0.2, 0) is 28.7 Å². The fourth-order valence-corrected chi connectivity index (χ4v) is 6.53. The summed E-state index contributed by atoms with van der Waals surface area (Å²) in [6.45, 7) is 12.9. The van der Waals surface area contributed by atoms with Crippen molar-refractivity contribution in [2.24, 2.45) is 34.3 Å². The Labute approximate surface area is 277 Å². The van der Waals surface area contributed by atoms with E-state index in [1.54, 1.807) is 6.92 Å². The van der Waals surface area contributed by atoms with Gasteiger partial charge in [-0.3, -0.25) is 19.2 Å². The zero-order chi connectivity index (χ0) is 34.8. The van der Waals surface area contributed by atoms with Crippen LogP contribution in [0.4, 0.5) is 4.79 Å². The Morgan fingerprint density at radius 1 is 0.872 bits per heavy atom. The second-order valence-electron chi connectivity index (χ2n) is 15.6. The lowest BCUT2D eigenvalue weighted by atomic mass is 9.73. The van der Waals surface area contributed by atoms with Gasteiger partial charge in [0, 0.05) is 6.54 Å². The van der Waals surface area contributed by atoms with Crippen LogP contribution in [0.5, 0.6) is 0 Å². The summed E-state index contributed by atoms with van der Waals surface area (Å²) in [6, 6.07) is 4.58. The number of nitrogens with zero attached hydrogens (tertiary/aromatic N) is 1. The SMILES string of the molecule is C[C@H](OC(=O)[C@@H](NC(=O)N[C@H](C(=O)N1C[C@@H]2CC[C@@H]2[C@H]1C(=O)NC(CC1CC1)C(=O)C(N)=O)C(C)(C)C)C(C)(C)C)c1ccccc1. The molecule has 47 heavy (non-hydrogen) atoms. The molecule has 12 heteroatoms. The molecule has 5 N–H and O–H groups in total. The van der Waals surface area contributed by atoms with Crippen molar-refractivity contribution < 1.29 is 33.5 Å². The molecule has 1 heterocycles. The average molecular weight is 654 g/mol. The van der Waals surface area contributed by atoms with Gasteiger partial charge in [0.1, 0.15) is 24.2 Å². The molecule has 3 fully saturated rings. The Morgan fingerprint density at radius 3 is 1.98 bits per heavy atom. The van der Waals surface area contributed by atoms with Crippen LogP contribution in [0.2, 0.25) is 0 Å². The van der Waals surface area contributed by atoms with Crippen LogP contribution in [-0.4, -0.2) is 71.1 Å². The highest BCUT2D eigenvalue weighted by molar-refractivity contribution is 6.37. The number of likely N-dealkylation sites (tertiary alicyclic amines) is 1. The number of esters is 1. The number of ether oxygens (including phenoxy) is 1. The first-order chi connectivity index (χ1) is 21.9. The summed E-state index contributed by atoms with van der Waals surface area (Å²) in [4.78, 5) is 80.7. The molecule has 4 rings (SSSR count). The Morgan fingerprint density at radius 2 is 1.47 bits per heavy atom. The third-order valence-corrected chi connectivity index (χ3v) is 9.67. The van der Waals surface area contributed by atoms with Crippen LogP contribution in [0.15, 0.2) is 30.3 Å². The van der Waals surface area contributed by atoms with Gasteiger partial charge in [-0.15, -0.1) is 0 Å². The third kappa shape index (κ3) is 8.70. The molecule has 0 spiro atoms. The van der Waals surface area contributed by atoms with E-state index in [-0.39, 0.29) is 17.8 Å². The molecule has 0 bridgehead atoms. The molecule has 1 unspecified atom stereocenters. The van der Waals surface area contributed by atoms with E-state index < -0.39 is 76.6 Å². The molecule has 12 nitrogen and oxygen atoms in total.